The second-order valence-corrected chi connectivity index (χ2v) is 14.7. The number of nitrogens with two attached hydrogens (primary N) is 1. The number of halogens is 4. The number of benzene rings is 2. The molecule has 3 aliphatic heterocycles. The molecule has 0 radical (unpaired) electrons. The molecule has 15 heteroatoms. The van der Waals surface area contributed by atoms with E-state index in [0.717, 1.165) is 43.8 Å². The number of methoxy groups -OCH3 is 1. The predicted octanol–water partition coefficient (Wildman–Crippen LogP) is 4.18. The van der Waals surface area contributed by atoms with E-state index in [0.29, 0.717) is 35.4 Å². The van der Waals surface area contributed by atoms with E-state index >= 15 is 0 Å². The molecule has 1 amide bonds. The Labute approximate surface area is 276 Å². The first-order chi connectivity index (χ1) is 22.2. The molecule has 3 saturated heterocycles. The van der Waals surface area contributed by atoms with E-state index < -0.39 is 27.7 Å². The standard InChI is InChI=1S/C32H36ClF3N6O4S/c1-39-18-22-7-8-41(27(22)19-39)17-20-13-25(30(46-2)26(14-20)31(37)43)21-3-5-24(6-4-21)47(44,45)42-11-9-40(10-12-42)29-16-23(32(34,35)36)15-28(33)38-29/h3-6,13-16,22,27H,7-12,17-19H2,1-2H3,(H2,37,43). The molecule has 4 heterocycles. The fourth-order valence-corrected chi connectivity index (χ4v) is 8.64. The SMILES string of the molecule is COc1c(C(N)=O)cc(CN2CCC3CN(C)CC32)cc1-c1ccc(S(=O)(=O)N2CCN(c3cc(C(F)(F)F)cc(Cl)n3)CC2)cc1. The summed E-state index contributed by atoms with van der Waals surface area (Å²) in [7, 11) is -0.322. The molecular formula is C32H36ClF3N6O4S. The van der Waals surface area contributed by atoms with Gasteiger partial charge in [-0.05, 0) is 73.5 Å². The summed E-state index contributed by atoms with van der Waals surface area (Å²) in [5, 5.41) is -0.290. The summed E-state index contributed by atoms with van der Waals surface area (Å²) in [4.78, 5) is 23.0. The summed E-state index contributed by atoms with van der Waals surface area (Å²) in [6.45, 7) is 4.06. The Morgan fingerprint density at radius 1 is 1.04 bits per heavy atom. The van der Waals surface area contributed by atoms with Gasteiger partial charge < -0.3 is 20.3 Å². The molecule has 6 rings (SSSR count). The number of anilines is 1. The molecule has 0 bridgehead atoms. The maximum Gasteiger partial charge on any atom is 0.416 e. The summed E-state index contributed by atoms with van der Waals surface area (Å²) in [5.74, 6) is 0.362. The quantitative estimate of drug-likeness (QED) is 0.350. The third-order valence-corrected chi connectivity index (χ3v) is 11.4. The number of fused-ring (bicyclic) bond motifs is 1. The lowest BCUT2D eigenvalue weighted by atomic mass is 9.97. The molecule has 47 heavy (non-hydrogen) atoms. The molecule has 2 aromatic carbocycles. The first-order valence-electron chi connectivity index (χ1n) is 15.3. The Balaban J connectivity index is 1.21. The van der Waals surface area contributed by atoms with Crippen molar-refractivity contribution < 1.29 is 31.1 Å². The number of ether oxygens (including phenoxy) is 1. The summed E-state index contributed by atoms with van der Waals surface area (Å²) in [5.41, 5.74) is 7.31. The molecule has 3 aromatic rings. The van der Waals surface area contributed by atoms with Gasteiger partial charge in [-0.15, -0.1) is 0 Å². The molecule has 1 aromatic heterocycles. The van der Waals surface area contributed by atoms with Gasteiger partial charge in [-0.1, -0.05) is 23.7 Å². The van der Waals surface area contributed by atoms with Gasteiger partial charge in [-0.25, -0.2) is 13.4 Å². The first kappa shape index (κ1) is 33.5. The minimum absolute atomic E-state index is 0.0397. The number of hydrogen-bond donors (Lipinski definition) is 1. The molecule has 0 saturated carbocycles. The maximum absolute atomic E-state index is 13.6. The monoisotopic (exact) mass is 692 g/mol. The highest BCUT2D eigenvalue weighted by Crippen LogP contribution is 2.38. The van der Waals surface area contributed by atoms with Gasteiger partial charge in [0.1, 0.15) is 16.7 Å². The van der Waals surface area contributed by atoms with Crippen LogP contribution in [0, 0.1) is 5.92 Å². The lowest BCUT2D eigenvalue weighted by molar-refractivity contribution is -0.137. The number of alkyl halides is 3. The number of pyridine rings is 1. The zero-order chi connectivity index (χ0) is 33.7. The lowest BCUT2D eigenvalue weighted by Crippen LogP contribution is -2.49. The van der Waals surface area contributed by atoms with Gasteiger partial charge in [-0.2, -0.15) is 17.5 Å². The van der Waals surface area contributed by atoms with Crippen LogP contribution >= 0.6 is 11.6 Å². The average molecular weight is 693 g/mol. The normalized spacial score (nSPS) is 21.3. The number of rotatable bonds is 8. The van der Waals surface area contributed by atoms with Crippen molar-refractivity contribution in [2.24, 2.45) is 11.7 Å². The number of likely N-dealkylation sites (tertiary alicyclic amines) is 2. The number of piperazine rings is 1. The third kappa shape index (κ3) is 6.79. The number of primary amides is 1. The average Bonchev–Trinajstić information content (AvgIpc) is 3.59. The number of sulfonamides is 1. The Morgan fingerprint density at radius 3 is 2.38 bits per heavy atom. The van der Waals surface area contributed by atoms with Crippen LogP contribution in [0.4, 0.5) is 19.0 Å². The number of carbonyl (C=O) groups is 1. The molecular weight excluding hydrogens is 657 g/mol. The molecule has 0 aliphatic carbocycles. The first-order valence-corrected chi connectivity index (χ1v) is 17.1. The molecule has 2 atom stereocenters. The molecule has 3 fully saturated rings. The molecule has 2 N–H and O–H groups in total. The number of hydrogen-bond acceptors (Lipinski definition) is 8. The second kappa shape index (κ2) is 12.9. The second-order valence-electron chi connectivity index (χ2n) is 12.3. The van der Waals surface area contributed by atoms with Crippen LogP contribution in [0.3, 0.4) is 0 Å². The van der Waals surface area contributed by atoms with Crippen LogP contribution in [0.2, 0.25) is 5.15 Å². The number of carbonyl (C=O) groups excluding carboxylic acids is 1. The summed E-state index contributed by atoms with van der Waals surface area (Å²) in [6, 6.07) is 12.2. The highest BCUT2D eigenvalue weighted by Gasteiger charge is 2.40. The molecule has 2 unspecified atom stereocenters. The molecule has 10 nitrogen and oxygen atoms in total. The minimum Gasteiger partial charge on any atom is -0.495 e. The van der Waals surface area contributed by atoms with Gasteiger partial charge in [0.05, 0.1) is 23.1 Å². The highest BCUT2D eigenvalue weighted by molar-refractivity contribution is 7.89. The predicted molar refractivity (Wildman–Crippen MR) is 172 cm³/mol. The van der Waals surface area contributed by atoms with Crippen molar-refractivity contribution in [1.29, 1.82) is 0 Å². The number of aromatic nitrogens is 1. The Morgan fingerprint density at radius 2 is 1.74 bits per heavy atom. The van der Waals surface area contributed by atoms with E-state index in [4.69, 9.17) is 22.1 Å². The minimum atomic E-state index is -4.59. The van der Waals surface area contributed by atoms with E-state index in [1.165, 1.54) is 23.5 Å². The van der Waals surface area contributed by atoms with Crippen LogP contribution in [-0.4, -0.2) is 99.4 Å². The highest BCUT2D eigenvalue weighted by atomic mass is 35.5. The summed E-state index contributed by atoms with van der Waals surface area (Å²) in [6.07, 6.45) is -3.46. The van der Waals surface area contributed by atoms with E-state index in [-0.39, 0.29) is 47.6 Å². The van der Waals surface area contributed by atoms with Crippen LogP contribution in [0.15, 0.2) is 53.4 Å². The van der Waals surface area contributed by atoms with Crippen LogP contribution in [0.5, 0.6) is 5.75 Å². The summed E-state index contributed by atoms with van der Waals surface area (Å²) < 4.78 is 73.9. The topological polar surface area (TPSA) is 112 Å². The van der Waals surface area contributed by atoms with Crippen LogP contribution in [0.1, 0.15) is 27.9 Å². The molecule has 0 spiro atoms. The van der Waals surface area contributed by atoms with Gasteiger partial charge in [0.2, 0.25) is 10.0 Å². The van der Waals surface area contributed by atoms with E-state index in [1.54, 1.807) is 23.1 Å². The number of likely N-dealkylation sites (N-methyl/N-ethyl adjacent to an activating group) is 1. The Kier molecular flexibility index (Phi) is 9.17. The fourth-order valence-electron chi connectivity index (χ4n) is 7.01. The fraction of sp³-hybridized carbons (Fsp3) is 0.438. The van der Waals surface area contributed by atoms with Gasteiger partial charge in [0.15, 0.2) is 0 Å². The Hall–Kier alpha value is -3.43. The van der Waals surface area contributed by atoms with Gasteiger partial charge in [0, 0.05) is 57.4 Å². The van der Waals surface area contributed by atoms with E-state index in [2.05, 4.69) is 21.8 Å². The van der Waals surface area contributed by atoms with E-state index in [1.807, 2.05) is 6.07 Å². The van der Waals surface area contributed by atoms with Crippen molar-refractivity contribution in [3.05, 3.63) is 70.4 Å². The van der Waals surface area contributed by atoms with Crippen LogP contribution < -0.4 is 15.4 Å². The molecule has 252 valence electrons. The zero-order valence-electron chi connectivity index (χ0n) is 26.0. The van der Waals surface area contributed by atoms with Crippen molar-refractivity contribution in [2.75, 3.05) is 64.9 Å². The van der Waals surface area contributed by atoms with Crippen molar-refractivity contribution in [1.82, 2.24) is 19.1 Å². The molecule has 3 aliphatic rings. The van der Waals surface area contributed by atoms with Crippen molar-refractivity contribution in [2.45, 2.75) is 30.1 Å². The Bertz CT molecular complexity index is 1770. The van der Waals surface area contributed by atoms with Crippen LogP contribution in [-0.2, 0) is 22.7 Å². The largest absolute Gasteiger partial charge is 0.495 e. The van der Waals surface area contributed by atoms with Crippen molar-refractivity contribution >= 4 is 33.3 Å². The maximum atomic E-state index is 13.6. The smallest absolute Gasteiger partial charge is 0.416 e. The van der Waals surface area contributed by atoms with Gasteiger partial charge >= 0.3 is 6.18 Å². The lowest BCUT2D eigenvalue weighted by Gasteiger charge is -2.35. The number of amides is 1. The number of nitrogens with zero attached hydrogens (tertiary/aromatic N) is 5. The van der Waals surface area contributed by atoms with Gasteiger partial charge in [-0.3, -0.25) is 9.69 Å². The van der Waals surface area contributed by atoms with Gasteiger partial charge in [0.25, 0.3) is 5.91 Å². The third-order valence-electron chi connectivity index (χ3n) is 9.32. The van der Waals surface area contributed by atoms with Crippen LogP contribution in [0.25, 0.3) is 11.1 Å². The van der Waals surface area contributed by atoms with E-state index in [9.17, 15) is 26.4 Å². The van der Waals surface area contributed by atoms with Crippen molar-refractivity contribution in [3.63, 3.8) is 0 Å². The zero-order valence-corrected chi connectivity index (χ0v) is 27.6. The van der Waals surface area contributed by atoms with Crippen molar-refractivity contribution in [3.8, 4) is 16.9 Å². The summed E-state index contributed by atoms with van der Waals surface area (Å²) >= 11 is 5.85.